The highest BCUT2D eigenvalue weighted by Crippen LogP contribution is 2.22. The molecule has 1 aromatic carbocycles. The molecule has 1 nitrogen and oxygen atoms in total. The van der Waals surface area contributed by atoms with E-state index in [1.165, 1.54) is 0 Å². The molecule has 0 aliphatic carbocycles. The van der Waals surface area contributed by atoms with Gasteiger partial charge >= 0.3 is 6.18 Å². The molecule has 0 radical (unpaired) electrons. The molecular weight excluding hydrogens is 215 g/mol. The van der Waals surface area contributed by atoms with Crippen LogP contribution in [-0.2, 0) is 6.42 Å². The quantitative estimate of drug-likeness (QED) is 0.826. The van der Waals surface area contributed by atoms with Crippen molar-refractivity contribution in [3.05, 3.63) is 35.9 Å². The third-order valence-corrected chi connectivity index (χ3v) is 2.45. The van der Waals surface area contributed by atoms with E-state index in [9.17, 15) is 13.2 Å². The molecule has 2 N–H and O–H groups in total. The van der Waals surface area contributed by atoms with Crippen molar-refractivity contribution in [2.45, 2.75) is 37.9 Å². The Morgan fingerprint density at radius 1 is 1.06 bits per heavy atom. The average Bonchev–Trinajstić information content (AvgIpc) is 2.24. The normalized spacial score (nSPS) is 13.8. The van der Waals surface area contributed by atoms with Crippen LogP contribution in [0.3, 0.4) is 0 Å². The minimum Gasteiger partial charge on any atom is -0.328 e. The number of hydrogen-bond donors (Lipinski definition) is 1. The van der Waals surface area contributed by atoms with Crippen LogP contribution in [0, 0.1) is 0 Å². The molecule has 1 aromatic rings. The molecule has 4 heteroatoms. The van der Waals surface area contributed by atoms with E-state index in [0.717, 1.165) is 12.0 Å². The number of alkyl halides is 3. The molecule has 0 saturated heterocycles. The van der Waals surface area contributed by atoms with Gasteiger partial charge < -0.3 is 5.73 Å². The molecule has 16 heavy (non-hydrogen) atoms. The van der Waals surface area contributed by atoms with Gasteiger partial charge in [-0.1, -0.05) is 30.3 Å². The van der Waals surface area contributed by atoms with Gasteiger partial charge in [-0.2, -0.15) is 13.2 Å². The minimum absolute atomic E-state index is 0.0103. The van der Waals surface area contributed by atoms with Crippen molar-refractivity contribution in [2.24, 2.45) is 5.73 Å². The lowest BCUT2D eigenvalue weighted by atomic mass is 10.0. The second-order valence-corrected chi connectivity index (χ2v) is 3.94. The van der Waals surface area contributed by atoms with E-state index in [1.807, 2.05) is 30.3 Å². The molecule has 1 atom stereocenters. The summed E-state index contributed by atoms with van der Waals surface area (Å²) in [4.78, 5) is 0. The largest absolute Gasteiger partial charge is 0.389 e. The lowest BCUT2D eigenvalue weighted by Gasteiger charge is -2.12. The molecule has 0 aliphatic heterocycles. The van der Waals surface area contributed by atoms with Crippen LogP contribution < -0.4 is 5.73 Å². The first-order chi connectivity index (χ1) is 7.47. The Morgan fingerprint density at radius 3 is 2.25 bits per heavy atom. The first kappa shape index (κ1) is 13.0. The van der Waals surface area contributed by atoms with Crippen LogP contribution in [-0.4, -0.2) is 12.2 Å². The van der Waals surface area contributed by atoms with Crippen molar-refractivity contribution in [1.29, 1.82) is 0 Å². The van der Waals surface area contributed by atoms with E-state index >= 15 is 0 Å². The lowest BCUT2D eigenvalue weighted by Crippen LogP contribution is -2.23. The lowest BCUT2D eigenvalue weighted by molar-refractivity contribution is -0.136. The van der Waals surface area contributed by atoms with Crippen LogP contribution in [0.15, 0.2) is 30.3 Å². The van der Waals surface area contributed by atoms with Gasteiger partial charge in [0.2, 0.25) is 0 Å². The zero-order chi connectivity index (χ0) is 12.0. The fraction of sp³-hybridized carbons (Fsp3) is 0.500. The third kappa shape index (κ3) is 5.75. The van der Waals surface area contributed by atoms with Crippen molar-refractivity contribution < 1.29 is 13.2 Å². The SMILES string of the molecule is NC(CCc1ccccc1)CCC(F)(F)F. The van der Waals surface area contributed by atoms with Gasteiger partial charge in [0.15, 0.2) is 0 Å². The Morgan fingerprint density at radius 2 is 1.69 bits per heavy atom. The zero-order valence-electron chi connectivity index (χ0n) is 9.00. The van der Waals surface area contributed by atoms with Crippen LogP contribution in [0.2, 0.25) is 0 Å². The van der Waals surface area contributed by atoms with E-state index in [2.05, 4.69) is 0 Å². The van der Waals surface area contributed by atoms with Crippen LogP contribution in [0.5, 0.6) is 0 Å². The van der Waals surface area contributed by atoms with Gasteiger partial charge in [0, 0.05) is 12.5 Å². The van der Waals surface area contributed by atoms with Gasteiger partial charge in [-0.3, -0.25) is 0 Å². The molecule has 0 bridgehead atoms. The molecule has 0 spiro atoms. The third-order valence-electron chi connectivity index (χ3n) is 2.45. The molecule has 1 unspecified atom stereocenters. The molecule has 0 fully saturated rings. The number of rotatable bonds is 5. The summed E-state index contributed by atoms with van der Waals surface area (Å²) < 4.78 is 35.8. The number of nitrogens with two attached hydrogens (primary N) is 1. The van der Waals surface area contributed by atoms with Crippen molar-refractivity contribution in [1.82, 2.24) is 0 Å². The first-order valence-corrected chi connectivity index (χ1v) is 5.33. The van der Waals surface area contributed by atoms with Crippen LogP contribution in [0.1, 0.15) is 24.8 Å². The highest BCUT2D eigenvalue weighted by Gasteiger charge is 2.27. The maximum Gasteiger partial charge on any atom is 0.389 e. The second-order valence-electron chi connectivity index (χ2n) is 3.94. The van der Waals surface area contributed by atoms with Gasteiger partial charge in [0.1, 0.15) is 0 Å². The molecule has 0 aromatic heterocycles. The molecule has 0 amide bonds. The van der Waals surface area contributed by atoms with Crippen molar-refractivity contribution in [2.75, 3.05) is 0 Å². The van der Waals surface area contributed by atoms with E-state index in [4.69, 9.17) is 5.73 Å². The predicted molar refractivity (Wildman–Crippen MR) is 58.0 cm³/mol. The standard InChI is InChI=1S/C12H16F3N/c13-12(14,15)9-8-11(16)7-6-10-4-2-1-3-5-10/h1-5,11H,6-9,16H2. The van der Waals surface area contributed by atoms with Gasteiger partial charge in [0.25, 0.3) is 0 Å². The summed E-state index contributed by atoms with van der Waals surface area (Å²) in [5, 5.41) is 0. The molecule has 90 valence electrons. The molecule has 0 aliphatic rings. The van der Waals surface area contributed by atoms with Gasteiger partial charge in [-0.15, -0.1) is 0 Å². The molecule has 0 heterocycles. The van der Waals surface area contributed by atoms with Crippen LogP contribution >= 0.6 is 0 Å². The number of hydrogen-bond acceptors (Lipinski definition) is 1. The Kier molecular flexibility index (Phi) is 4.80. The Hall–Kier alpha value is -1.03. The van der Waals surface area contributed by atoms with Gasteiger partial charge in [-0.05, 0) is 24.8 Å². The first-order valence-electron chi connectivity index (χ1n) is 5.33. The maximum atomic E-state index is 11.9. The summed E-state index contributed by atoms with van der Waals surface area (Å²) in [5.74, 6) is 0. The summed E-state index contributed by atoms with van der Waals surface area (Å²) in [5.41, 5.74) is 6.74. The van der Waals surface area contributed by atoms with Crippen LogP contribution in [0.25, 0.3) is 0 Å². The van der Waals surface area contributed by atoms with E-state index < -0.39 is 12.6 Å². The Bertz CT molecular complexity index is 295. The van der Waals surface area contributed by atoms with Crippen molar-refractivity contribution in [3.8, 4) is 0 Å². The maximum absolute atomic E-state index is 11.9. The second kappa shape index (κ2) is 5.89. The summed E-state index contributed by atoms with van der Waals surface area (Å²) in [7, 11) is 0. The minimum atomic E-state index is -4.09. The molecular formula is C12H16F3N. The average molecular weight is 231 g/mol. The summed E-state index contributed by atoms with van der Waals surface area (Å²) >= 11 is 0. The predicted octanol–water partition coefficient (Wildman–Crippen LogP) is 3.29. The summed E-state index contributed by atoms with van der Waals surface area (Å²) in [6.45, 7) is 0. The van der Waals surface area contributed by atoms with Gasteiger partial charge in [-0.25, -0.2) is 0 Å². The molecule has 0 saturated carbocycles. The Balaban J connectivity index is 2.23. The Labute approximate surface area is 93.5 Å². The van der Waals surface area contributed by atoms with E-state index in [0.29, 0.717) is 6.42 Å². The number of aryl methyl sites for hydroxylation is 1. The van der Waals surface area contributed by atoms with E-state index in [1.54, 1.807) is 0 Å². The van der Waals surface area contributed by atoms with Crippen molar-refractivity contribution >= 4 is 0 Å². The number of halogens is 3. The fourth-order valence-corrected chi connectivity index (χ4v) is 1.49. The summed E-state index contributed by atoms with van der Waals surface area (Å²) in [6.07, 6.45) is -3.54. The van der Waals surface area contributed by atoms with Gasteiger partial charge in [0.05, 0.1) is 0 Å². The monoisotopic (exact) mass is 231 g/mol. The zero-order valence-corrected chi connectivity index (χ0v) is 9.00. The number of benzene rings is 1. The highest BCUT2D eigenvalue weighted by atomic mass is 19.4. The van der Waals surface area contributed by atoms with Crippen LogP contribution in [0.4, 0.5) is 13.2 Å². The topological polar surface area (TPSA) is 26.0 Å². The van der Waals surface area contributed by atoms with E-state index in [-0.39, 0.29) is 12.5 Å². The highest BCUT2D eigenvalue weighted by molar-refractivity contribution is 5.14. The molecule has 1 rings (SSSR count). The summed E-state index contributed by atoms with van der Waals surface area (Å²) in [6, 6.07) is 9.27. The van der Waals surface area contributed by atoms with Crippen molar-refractivity contribution in [3.63, 3.8) is 0 Å². The fourth-order valence-electron chi connectivity index (χ4n) is 1.49. The smallest absolute Gasteiger partial charge is 0.328 e.